The first-order valence-electron chi connectivity index (χ1n) is 10.6. The minimum absolute atomic E-state index is 0.0639. The highest BCUT2D eigenvalue weighted by Crippen LogP contribution is 2.25. The van der Waals surface area contributed by atoms with Crippen molar-refractivity contribution < 1.29 is 17.9 Å². The molecule has 0 unspecified atom stereocenters. The molecule has 0 aliphatic heterocycles. The summed E-state index contributed by atoms with van der Waals surface area (Å²) >= 11 is 1.52. The lowest BCUT2D eigenvalue weighted by atomic mass is 10.2. The highest BCUT2D eigenvalue weighted by atomic mass is 32.2. The van der Waals surface area contributed by atoms with Crippen LogP contribution < -0.4 is 5.14 Å². The maximum atomic E-state index is 12.8. The molecule has 0 bridgehead atoms. The van der Waals surface area contributed by atoms with Crippen LogP contribution in [-0.2, 0) is 27.9 Å². The topological polar surface area (TPSA) is 104 Å². The van der Waals surface area contributed by atoms with Gasteiger partial charge in [0.1, 0.15) is 11.6 Å². The molecule has 4 aromatic rings. The summed E-state index contributed by atoms with van der Waals surface area (Å²) < 4.78 is 30.4. The lowest BCUT2D eigenvalue weighted by molar-refractivity contribution is 0.0467. The van der Waals surface area contributed by atoms with Crippen LogP contribution in [0, 0.1) is 20.8 Å². The molecule has 0 saturated carbocycles. The Morgan fingerprint density at radius 2 is 1.74 bits per heavy atom. The van der Waals surface area contributed by atoms with Gasteiger partial charge in [-0.1, -0.05) is 42.0 Å². The third-order valence-corrected chi connectivity index (χ3v) is 7.46. The van der Waals surface area contributed by atoms with Gasteiger partial charge in [-0.05, 0) is 44.5 Å². The van der Waals surface area contributed by atoms with Crippen molar-refractivity contribution in [3.63, 3.8) is 0 Å². The first-order valence-corrected chi connectivity index (χ1v) is 13.0. The Bertz CT molecular complexity index is 1430. The number of thiazole rings is 1. The van der Waals surface area contributed by atoms with E-state index in [-0.39, 0.29) is 11.5 Å². The van der Waals surface area contributed by atoms with Crippen LogP contribution in [0.2, 0.25) is 0 Å². The van der Waals surface area contributed by atoms with Gasteiger partial charge in [-0.3, -0.25) is 0 Å². The molecule has 0 aliphatic rings. The van der Waals surface area contributed by atoms with Crippen molar-refractivity contribution in [2.75, 3.05) is 0 Å². The molecule has 7 nitrogen and oxygen atoms in total. The number of carbonyl (C=O) groups is 1. The summed E-state index contributed by atoms with van der Waals surface area (Å²) in [4.78, 5) is 17.4. The monoisotopic (exact) mass is 495 g/mol. The predicted molar refractivity (Wildman–Crippen MR) is 132 cm³/mol. The second-order valence-electron chi connectivity index (χ2n) is 8.15. The molecule has 0 fully saturated rings. The third-order valence-electron chi connectivity index (χ3n) is 5.59. The number of ether oxygens (including phenoxy) is 1. The van der Waals surface area contributed by atoms with Gasteiger partial charge in [0, 0.05) is 28.9 Å². The Hall–Kier alpha value is -3.27. The van der Waals surface area contributed by atoms with Crippen molar-refractivity contribution in [1.82, 2.24) is 9.55 Å². The van der Waals surface area contributed by atoms with E-state index < -0.39 is 16.0 Å². The van der Waals surface area contributed by atoms with Gasteiger partial charge in [0.05, 0.1) is 16.2 Å². The van der Waals surface area contributed by atoms with Crippen LogP contribution in [0.15, 0.2) is 64.9 Å². The average molecular weight is 496 g/mol. The zero-order chi connectivity index (χ0) is 24.5. The number of sulfonamides is 1. The highest BCUT2D eigenvalue weighted by Gasteiger charge is 2.18. The summed E-state index contributed by atoms with van der Waals surface area (Å²) in [7, 11) is -3.73. The SMILES string of the molecule is Cc1ccc(-c2nc(COC(=O)c3cc(C)n(Cc4ccc(S(N)(=O)=O)cc4)c3C)cs2)cc1. The molecule has 176 valence electrons. The van der Waals surface area contributed by atoms with E-state index in [0.29, 0.717) is 17.8 Å². The van der Waals surface area contributed by atoms with Gasteiger partial charge >= 0.3 is 5.97 Å². The number of hydrogen-bond acceptors (Lipinski definition) is 6. The van der Waals surface area contributed by atoms with E-state index in [1.165, 1.54) is 29.0 Å². The molecule has 2 aromatic carbocycles. The molecule has 2 aromatic heterocycles. The maximum Gasteiger partial charge on any atom is 0.340 e. The Morgan fingerprint density at radius 3 is 2.38 bits per heavy atom. The molecule has 0 radical (unpaired) electrons. The number of hydrogen-bond donors (Lipinski definition) is 1. The van der Waals surface area contributed by atoms with Crippen molar-refractivity contribution >= 4 is 27.3 Å². The second-order valence-corrected chi connectivity index (χ2v) is 10.6. The minimum Gasteiger partial charge on any atom is -0.455 e. The molecule has 34 heavy (non-hydrogen) atoms. The Balaban J connectivity index is 1.43. The lowest BCUT2D eigenvalue weighted by Gasteiger charge is -2.10. The van der Waals surface area contributed by atoms with Crippen molar-refractivity contribution in [1.29, 1.82) is 0 Å². The molecule has 0 aliphatic carbocycles. The first kappa shape index (κ1) is 23.9. The van der Waals surface area contributed by atoms with Gasteiger partial charge in [-0.15, -0.1) is 11.3 Å². The molecular weight excluding hydrogens is 470 g/mol. The van der Waals surface area contributed by atoms with E-state index in [2.05, 4.69) is 4.98 Å². The van der Waals surface area contributed by atoms with E-state index in [1.807, 2.05) is 55.0 Å². The van der Waals surface area contributed by atoms with Gasteiger partial charge in [0.2, 0.25) is 10.0 Å². The zero-order valence-electron chi connectivity index (χ0n) is 19.1. The van der Waals surface area contributed by atoms with Crippen LogP contribution >= 0.6 is 11.3 Å². The molecular formula is C25H25N3O4S2. The lowest BCUT2D eigenvalue weighted by Crippen LogP contribution is -2.12. The van der Waals surface area contributed by atoms with Crippen molar-refractivity contribution in [3.8, 4) is 10.6 Å². The molecule has 4 rings (SSSR count). The largest absolute Gasteiger partial charge is 0.455 e. The summed E-state index contributed by atoms with van der Waals surface area (Å²) in [5, 5.41) is 7.95. The second kappa shape index (κ2) is 9.54. The molecule has 2 N–H and O–H groups in total. The number of benzene rings is 2. The number of carbonyl (C=O) groups excluding carboxylic acids is 1. The number of esters is 1. The van der Waals surface area contributed by atoms with E-state index in [0.717, 1.165) is 27.5 Å². The number of aryl methyl sites for hydroxylation is 2. The number of rotatable bonds is 7. The normalized spacial score (nSPS) is 11.5. The average Bonchev–Trinajstić information content (AvgIpc) is 3.38. The van der Waals surface area contributed by atoms with Gasteiger partial charge < -0.3 is 9.30 Å². The van der Waals surface area contributed by atoms with Crippen LogP contribution in [0.1, 0.15) is 38.6 Å². The van der Waals surface area contributed by atoms with E-state index in [4.69, 9.17) is 9.88 Å². The van der Waals surface area contributed by atoms with Crippen molar-refractivity contribution in [3.05, 3.63) is 93.7 Å². The van der Waals surface area contributed by atoms with Crippen LogP contribution in [0.4, 0.5) is 0 Å². The van der Waals surface area contributed by atoms with Crippen LogP contribution in [0.5, 0.6) is 0 Å². The Morgan fingerprint density at radius 1 is 1.06 bits per heavy atom. The van der Waals surface area contributed by atoms with Crippen molar-refractivity contribution in [2.45, 2.75) is 38.8 Å². The standard InChI is InChI=1S/C25H25N3O4S2/c1-16-4-8-20(9-5-16)24-27-21(15-33-24)14-32-25(29)23-12-17(2)28(18(23)3)13-19-6-10-22(11-7-19)34(26,30)31/h4-12,15H,13-14H2,1-3H3,(H2,26,30,31). The fraction of sp³-hybridized carbons (Fsp3) is 0.200. The van der Waals surface area contributed by atoms with Gasteiger partial charge in [0.25, 0.3) is 0 Å². The summed E-state index contributed by atoms with van der Waals surface area (Å²) in [6.07, 6.45) is 0. The summed E-state index contributed by atoms with van der Waals surface area (Å²) in [6.45, 7) is 6.40. The number of aromatic nitrogens is 2. The van der Waals surface area contributed by atoms with E-state index in [1.54, 1.807) is 18.2 Å². The molecule has 9 heteroatoms. The fourth-order valence-corrected chi connectivity index (χ4v) is 4.96. The summed E-state index contributed by atoms with van der Waals surface area (Å²) in [5.41, 5.74) is 5.99. The molecule has 0 amide bonds. The quantitative estimate of drug-likeness (QED) is 0.378. The van der Waals surface area contributed by atoms with E-state index in [9.17, 15) is 13.2 Å². The van der Waals surface area contributed by atoms with Gasteiger partial charge in [-0.2, -0.15) is 0 Å². The number of primary sulfonamides is 1. The predicted octanol–water partition coefficient (Wildman–Crippen LogP) is 4.59. The molecule has 0 atom stereocenters. The summed E-state index contributed by atoms with van der Waals surface area (Å²) in [5.74, 6) is -0.409. The van der Waals surface area contributed by atoms with Gasteiger partial charge in [-0.25, -0.2) is 23.3 Å². The Kier molecular flexibility index (Phi) is 6.70. The molecule has 0 spiro atoms. The van der Waals surface area contributed by atoms with Crippen LogP contribution in [0.25, 0.3) is 10.6 Å². The van der Waals surface area contributed by atoms with Crippen molar-refractivity contribution in [2.24, 2.45) is 5.14 Å². The highest BCUT2D eigenvalue weighted by molar-refractivity contribution is 7.89. The first-order chi connectivity index (χ1) is 16.1. The van der Waals surface area contributed by atoms with E-state index >= 15 is 0 Å². The van der Waals surface area contributed by atoms with Gasteiger partial charge in [0.15, 0.2) is 0 Å². The zero-order valence-corrected chi connectivity index (χ0v) is 20.7. The molecule has 0 saturated heterocycles. The maximum absolute atomic E-state index is 12.8. The van der Waals surface area contributed by atoms with Crippen LogP contribution in [0.3, 0.4) is 0 Å². The Labute approximate surface area is 202 Å². The third kappa shape index (κ3) is 5.27. The smallest absolute Gasteiger partial charge is 0.340 e. The summed E-state index contributed by atoms with van der Waals surface area (Å²) in [6, 6.07) is 16.3. The minimum atomic E-state index is -3.73. The number of nitrogens with zero attached hydrogens (tertiary/aromatic N) is 2. The van der Waals surface area contributed by atoms with Crippen LogP contribution in [-0.4, -0.2) is 23.9 Å². The fourth-order valence-electron chi connectivity index (χ4n) is 3.64. The number of nitrogens with two attached hydrogens (primary N) is 1. The molecule has 2 heterocycles.